The van der Waals surface area contributed by atoms with Crippen LogP contribution in [-0.4, -0.2) is 26.2 Å². The monoisotopic (exact) mass is 377 g/mol. The number of nitrogens with one attached hydrogen (secondary N) is 1. The molecule has 0 aromatic heterocycles. The maximum atomic E-state index is 12.3. The Morgan fingerprint density at radius 3 is 2.11 bits per heavy atom. The number of ether oxygens (including phenoxy) is 3. The molecule has 0 bridgehead atoms. The molecule has 3 rings (SSSR count). The Hall–Kier alpha value is -3.31. The zero-order chi connectivity index (χ0) is 19.6. The molecule has 0 aliphatic heterocycles. The minimum Gasteiger partial charge on any atom is -0.491 e. The molecule has 0 fully saturated rings. The minimum absolute atomic E-state index is 0.133. The number of carbonyl (C=O) groups excluding carboxylic acids is 1. The van der Waals surface area contributed by atoms with Crippen molar-refractivity contribution in [1.29, 1.82) is 0 Å². The molecule has 0 radical (unpaired) electrons. The molecule has 0 saturated carbocycles. The van der Waals surface area contributed by atoms with Crippen LogP contribution in [0.5, 0.6) is 17.2 Å². The van der Waals surface area contributed by atoms with Gasteiger partial charge in [0.2, 0.25) is 0 Å². The number of amides is 1. The maximum Gasteiger partial charge on any atom is 0.251 e. The van der Waals surface area contributed by atoms with Crippen molar-refractivity contribution in [2.45, 2.75) is 6.54 Å². The van der Waals surface area contributed by atoms with Crippen molar-refractivity contribution in [2.75, 3.05) is 20.3 Å². The van der Waals surface area contributed by atoms with E-state index in [0.29, 0.717) is 31.1 Å². The lowest BCUT2D eigenvalue weighted by Crippen LogP contribution is -2.22. The van der Waals surface area contributed by atoms with E-state index in [0.717, 1.165) is 17.1 Å². The van der Waals surface area contributed by atoms with E-state index >= 15 is 0 Å². The Morgan fingerprint density at radius 2 is 1.43 bits per heavy atom. The summed E-state index contributed by atoms with van der Waals surface area (Å²) in [5.41, 5.74) is 1.58. The third-order valence-electron chi connectivity index (χ3n) is 4.03. The molecule has 0 heterocycles. The lowest BCUT2D eigenvalue weighted by atomic mass is 10.2. The highest BCUT2D eigenvalue weighted by Gasteiger charge is 2.06. The van der Waals surface area contributed by atoms with Gasteiger partial charge >= 0.3 is 0 Å². The van der Waals surface area contributed by atoms with E-state index in [1.54, 1.807) is 31.4 Å². The molecule has 5 heteroatoms. The normalized spacial score (nSPS) is 10.3. The first-order valence-electron chi connectivity index (χ1n) is 9.06. The average Bonchev–Trinajstić information content (AvgIpc) is 2.74. The summed E-state index contributed by atoms with van der Waals surface area (Å²) in [6.07, 6.45) is 0. The van der Waals surface area contributed by atoms with Crippen LogP contribution in [0, 0.1) is 0 Å². The van der Waals surface area contributed by atoms with Crippen LogP contribution >= 0.6 is 0 Å². The van der Waals surface area contributed by atoms with Gasteiger partial charge in [-0.3, -0.25) is 4.79 Å². The van der Waals surface area contributed by atoms with Crippen LogP contribution in [0.4, 0.5) is 0 Å². The van der Waals surface area contributed by atoms with Gasteiger partial charge in [-0.05, 0) is 54.1 Å². The van der Waals surface area contributed by atoms with Crippen molar-refractivity contribution in [3.8, 4) is 17.2 Å². The van der Waals surface area contributed by atoms with Crippen LogP contribution in [0.15, 0.2) is 78.9 Å². The summed E-state index contributed by atoms with van der Waals surface area (Å²) in [6.45, 7) is 1.50. The second kappa shape index (κ2) is 10.1. The molecule has 0 unspecified atom stereocenters. The summed E-state index contributed by atoms with van der Waals surface area (Å²) >= 11 is 0. The van der Waals surface area contributed by atoms with E-state index in [1.807, 2.05) is 54.6 Å². The minimum atomic E-state index is -0.133. The van der Waals surface area contributed by atoms with Crippen LogP contribution in [0.3, 0.4) is 0 Å². The van der Waals surface area contributed by atoms with E-state index in [-0.39, 0.29) is 5.91 Å². The molecule has 3 aromatic carbocycles. The highest BCUT2D eigenvalue weighted by atomic mass is 16.5. The van der Waals surface area contributed by atoms with Crippen molar-refractivity contribution in [2.24, 2.45) is 0 Å². The third-order valence-corrected chi connectivity index (χ3v) is 4.03. The molecular formula is C23H23NO4. The van der Waals surface area contributed by atoms with Gasteiger partial charge in [-0.1, -0.05) is 30.3 Å². The van der Waals surface area contributed by atoms with Crippen molar-refractivity contribution in [3.63, 3.8) is 0 Å². The molecule has 1 amide bonds. The summed E-state index contributed by atoms with van der Waals surface area (Å²) in [4.78, 5) is 12.3. The van der Waals surface area contributed by atoms with Crippen molar-refractivity contribution < 1.29 is 19.0 Å². The molecular weight excluding hydrogens is 354 g/mol. The van der Waals surface area contributed by atoms with Gasteiger partial charge in [0.25, 0.3) is 5.91 Å². The maximum absolute atomic E-state index is 12.3. The van der Waals surface area contributed by atoms with Crippen LogP contribution in [0.25, 0.3) is 0 Å². The summed E-state index contributed by atoms with van der Waals surface area (Å²) in [7, 11) is 1.64. The smallest absolute Gasteiger partial charge is 0.251 e. The lowest BCUT2D eigenvalue weighted by Gasteiger charge is -2.09. The SMILES string of the molecule is COCCOc1ccc(CNC(=O)c2ccc(Oc3ccccc3)cc2)cc1. The molecule has 0 spiro atoms. The van der Waals surface area contributed by atoms with Crippen molar-refractivity contribution in [3.05, 3.63) is 90.0 Å². The molecule has 5 nitrogen and oxygen atoms in total. The topological polar surface area (TPSA) is 56.8 Å². The van der Waals surface area contributed by atoms with Gasteiger partial charge in [-0.2, -0.15) is 0 Å². The fourth-order valence-corrected chi connectivity index (χ4v) is 2.53. The lowest BCUT2D eigenvalue weighted by molar-refractivity contribution is 0.0951. The zero-order valence-electron chi connectivity index (χ0n) is 15.8. The van der Waals surface area contributed by atoms with E-state index in [2.05, 4.69) is 5.32 Å². The Labute approximate surface area is 164 Å². The number of methoxy groups -OCH3 is 1. The number of para-hydroxylation sites is 1. The van der Waals surface area contributed by atoms with Gasteiger partial charge in [0.05, 0.1) is 6.61 Å². The van der Waals surface area contributed by atoms with Crippen LogP contribution in [-0.2, 0) is 11.3 Å². The quantitative estimate of drug-likeness (QED) is 0.560. The predicted octanol–water partition coefficient (Wildman–Crippen LogP) is 4.43. The van der Waals surface area contributed by atoms with Crippen LogP contribution in [0.1, 0.15) is 15.9 Å². The molecule has 0 aliphatic rings. The van der Waals surface area contributed by atoms with Gasteiger partial charge in [0.1, 0.15) is 23.9 Å². The summed E-state index contributed by atoms with van der Waals surface area (Å²) in [6, 6.07) is 24.2. The van der Waals surface area contributed by atoms with Gasteiger partial charge in [-0.25, -0.2) is 0 Å². The number of rotatable bonds is 9. The zero-order valence-corrected chi connectivity index (χ0v) is 15.8. The molecule has 1 N–H and O–H groups in total. The van der Waals surface area contributed by atoms with Crippen LogP contribution < -0.4 is 14.8 Å². The first kappa shape index (κ1) is 19.5. The molecule has 28 heavy (non-hydrogen) atoms. The van der Waals surface area contributed by atoms with Gasteiger partial charge in [0.15, 0.2) is 0 Å². The van der Waals surface area contributed by atoms with Crippen molar-refractivity contribution >= 4 is 5.91 Å². The second-order valence-electron chi connectivity index (χ2n) is 6.11. The Morgan fingerprint density at radius 1 is 0.786 bits per heavy atom. The first-order valence-corrected chi connectivity index (χ1v) is 9.06. The summed E-state index contributed by atoms with van der Waals surface area (Å²) < 4.78 is 16.2. The molecule has 0 atom stereocenters. The largest absolute Gasteiger partial charge is 0.491 e. The van der Waals surface area contributed by atoms with E-state index in [1.165, 1.54) is 0 Å². The third kappa shape index (κ3) is 5.86. The first-order chi connectivity index (χ1) is 13.7. The highest BCUT2D eigenvalue weighted by molar-refractivity contribution is 5.94. The second-order valence-corrected chi connectivity index (χ2v) is 6.11. The van der Waals surface area contributed by atoms with Crippen molar-refractivity contribution in [1.82, 2.24) is 5.32 Å². The van der Waals surface area contributed by atoms with Gasteiger partial charge in [0, 0.05) is 19.2 Å². The number of carbonyl (C=O) groups is 1. The van der Waals surface area contributed by atoms with E-state index in [4.69, 9.17) is 14.2 Å². The number of benzene rings is 3. The molecule has 3 aromatic rings. The highest BCUT2D eigenvalue weighted by Crippen LogP contribution is 2.21. The standard InChI is InChI=1S/C23H23NO4/c1-26-15-16-27-20-11-7-18(8-12-20)17-24-23(25)19-9-13-22(14-10-19)28-21-5-3-2-4-6-21/h2-14H,15-17H2,1H3,(H,24,25). The Bertz CT molecular complexity index is 861. The number of hydrogen-bond donors (Lipinski definition) is 1. The average molecular weight is 377 g/mol. The molecule has 0 saturated heterocycles. The van der Waals surface area contributed by atoms with Gasteiger partial charge < -0.3 is 19.5 Å². The summed E-state index contributed by atoms with van der Waals surface area (Å²) in [5, 5.41) is 2.92. The molecule has 144 valence electrons. The Balaban J connectivity index is 1.49. The van der Waals surface area contributed by atoms with E-state index in [9.17, 15) is 4.79 Å². The Kier molecular flexibility index (Phi) is 7.04. The summed E-state index contributed by atoms with van der Waals surface area (Å²) in [5.74, 6) is 2.09. The van der Waals surface area contributed by atoms with Crippen LogP contribution in [0.2, 0.25) is 0 Å². The predicted molar refractivity (Wildman–Crippen MR) is 108 cm³/mol. The fourth-order valence-electron chi connectivity index (χ4n) is 2.53. The van der Waals surface area contributed by atoms with Gasteiger partial charge in [-0.15, -0.1) is 0 Å². The van der Waals surface area contributed by atoms with E-state index < -0.39 is 0 Å². The molecule has 0 aliphatic carbocycles. The fraction of sp³-hybridized carbons (Fsp3) is 0.174. The number of hydrogen-bond acceptors (Lipinski definition) is 4.